The molecule has 4 saturated carbocycles. The van der Waals surface area contributed by atoms with E-state index in [2.05, 4.69) is 63.6 Å². The number of hydrogen-bond donors (Lipinski definition) is 0. The topological polar surface area (TPSA) is 18.5 Å². The summed E-state index contributed by atoms with van der Waals surface area (Å²) in [5.41, 5.74) is 0. The third-order valence-corrected chi connectivity index (χ3v) is 12.1. The first-order valence-corrected chi connectivity index (χ1v) is 23.6. The summed E-state index contributed by atoms with van der Waals surface area (Å²) in [6.07, 6.45) is 33.7. The Balaban J connectivity index is 1.18. The van der Waals surface area contributed by atoms with Gasteiger partial charge >= 0.3 is 0 Å². The fraction of sp³-hybridized carbons (Fsp3) is 0.882. The van der Waals surface area contributed by atoms with Crippen molar-refractivity contribution in [1.82, 2.24) is 0 Å². The molecule has 0 aromatic heterocycles. The standard InChI is InChI=1S/C34H62O2Si2/c1-37(2,3)35-33-13-9-7-11-31(33)25-19-27-15-21-29(22-16-27)30-23-17-28(18-24-30)20-26-32-12-8-10-14-34(32)36-38(4,5)6/h19-20,25-34H,7-18,21-24H2,1-6H3/b25-19+,26-20+. The van der Waals surface area contributed by atoms with Crippen LogP contribution in [-0.4, -0.2) is 28.8 Å². The third kappa shape index (κ3) is 10.0. The van der Waals surface area contributed by atoms with Crippen molar-refractivity contribution in [3.8, 4) is 0 Å². The molecule has 0 heterocycles. The van der Waals surface area contributed by atoms with E-state index in [1.165, 1.54) is 103 Å². The lowest BCUT2D eigenvalue weighted by Crippen LogP contribution is -2.37. The van der Waals surface area contributed by atoms with E-state index < -0.39 is 16.6 Å². The van der Waals surface area contributed by atoms with Gasteiger partial charge in [-0.3, -0.25) is 0 Å². The second kappa shape index (κ2) is 14.1. The number of allylic oxidation sites excluding steroid dienone is 2. The van der Waals surface area contributed by atoms with Crippen LogP contribution in [0.15, 0.2) is 24.3 Å². The lowest BCUT2D eigenvalue weighted by Gasteiger charge is -2.38. The molecule has 4 atom stereocenters. The van der Waals surface area contributed by atoms with E-state index in [-0.39, 0.29) is 0 Å². The van der Waals surface area contributed by atoms with Crippen LogP contribution in [0.25, 0.3) is 0 Å². The van der Waals surface area contributed by atoms with Gasteiger partial charge in [0.05, 0.1) is 12.2 Å². The first kappa shape index (κ1) is 30.8. The summed E-state index contributed by atoms with van der Waals surface area (Å²) in [7, 11) is -2.91. The first-order valence-electron chi connectivity index (χ1n) is 16.8. The predicted octanol–water partition coefficient (Wildman–Crippen LogP) is 10.5. The summed E-state index contributed by atoms with van der Waals surface area (Å²) in [5, 5.41) is 0. The fourth-order valence-corrected chi connectivity index (χ4v) is 10.5. The molecule has 4 aliphatic carbocycles. The minimum Gasteiger partial charge on any atom is -0.414 e. The molecule has 4 unspecified atom stereocenters. The van der Waals surface area contributed by atoms with E-state index >= 15 is 0 Å². The molecule has 0 radical (unpaired) electrons. The number of hydrogen-bond acceptors (Lipinski definition) is 2. The van der Waals surface area contributed by atoms with Gasteiger partial charge in [0, 0.05) is 11.8 Å². The highest BCUT2D eigenvalue weighted by atomic mass is 28.4. The summed E-state index contributed by atoms with van der Waals surface area (Å²) in [5.74, 6) is 4.97. The summed E-state index contributed by atoms with van der Waals surface area (Å²) in [4.78, 5) is 0. The molecule has 2 nitrogen and oxygen atoms in total. The molecule has 0 bridgehead atoms. The Bertz CT molecular complexity index is 683. The highest BCUT2D eigenvalue weighted by Gasteiger charge is 2.32. The minimum absolute atomic E-state index is 0.490. The summed E-state index contributed by atoms with van der Waals surface area (Å²) in [6, 6.07) is 0. The largest absolute Gasteiger partial charge is 0.414 e. The van der Waals surface area contributed by atoms with Crippen LogP contribution in [0.2, 0.25) is 39.3 Å². The molecule has 4 aliphatic rings. The second-order valence-electron chi connectivity index (χ2n) is 15.6. The van der Waals surface area contributed by atoms with E-state index in [0.717, 1.165) is 23.7 Å². The van der Waals surface area contributed by atoms with Crippen LogP contribution >= 0.6 is 0 Å². The molecule has 0 aromatic rings. The van der Waals surface area contributed by atoms with Gasteiger partial charge in [-0.2, -0.15) is 0 Å². The van der Waals surface area contributed by atoms with Crippen LogP contribution in [0.5, 0.6) is 0 Å². The lowest BCUT2D eigenvalue weighted by atomic mass is 9.69. The SMILES string of the molecule is C[Si](C)(C)OC1CCCCC1/C=C/C1CCC(C2CCC(/C=C/C3CCCCC3O[Si](C)(C)C)CC2)CC1. The highest BCUT2D eigenvalue weighted by Crippen LogP contribution is 2.42. The van der Waals surface area contributed by atoms with Gasteiger partial charge in [-0.25, -0.2) is 0 Å². The monoisotopic (exact) mass is 558 g/mol. The van der Waals surface area contributed by atoms with E-state index in [0.29, 0.717) is 24.0 Å². The molecule has 4 rings (SSSR count). The van der Waals surface area contributed by atoms with Crippen LogP contribution in [0.3, 0.4) is 0 Å². The maximum absolute atomic E-state index is 6.59. The van der Waals surface area contributed by atoms with Crippen molar-refractivity contribution < 1.29 is 8.85 Å². The van der Waals surface area contributed by atoms with E-state index in [4.69, 9.17) is 8.85 Å². The molecule has 218 valence electrons. The predicted molar refractivity (Wildman–Crippen MR) is 170 cm³/mol. The Hall–Kier alpha value is -0.166. The highest BCUT2D eigenvalue weighted by molar-refractivity contribution is 6.70. The van der Waals surface area contributed by atoms with Crippen LogP contribution in [0.1, 0.15) is 103 Å². The Morgan fingerprint density at radius 3 is 1.11 bits per heavy atom. The molecule has 4 fully saturated rings. The van der Waals surface area contributed by atoms with Crippen LogP contribution in [0, 0.1) is 35.5 Å². The molecular weight excluding hydrogens is 497 g/mol. The summed E-state index contributed by atoms with van der Waals surface area (Å²) in [6.45, 7) is 14.1. The van der Waals surface area contributed by atoms with Crippen LogP contribution in [0.4, 0.5) is 0 Å². The van der Waals surface area contributed by atoms with E-state index in [9.17, 15) is 0 Å². The zero-order valence-corrected chi connectivity index (χ0v) is 28.1. The summed E-state index contributed by atoms with van der Waals surface area (Å²) >= 11 is 0. The summed E-state index contributed by atoms with van der Waals surface area (Å²) < 4.78 is 13.2. The molecular formula is C34H62O2Si2. The molecule has 0 spiro atoms. The third-order valence-electron chi connectivity index (χ3n) is 10.1. The zero-order chi connectivity index (χ0) is 27.2. The maximum Gasteiger partial charge on any atom is 0.184 e. The van der Waals surface area contributed by atoms with Crippen LogP contribution in [-0.2, 0) is 8.85 Å². The van der Waals surface area contributed by atoms with Gasteiger partial charge in [0.15, 0.2) is 16.6 Å². The average molecular weight is 559 g/mol. The second-order valence-corrected chi connectivity index (χ2v) is 24.5. The molecule has 0 amide bonds. The molecule has 4 heteroatoms. The smallest absolute Gasteiger partial charge is 0.184 e. The molecule has 0 N–H and O–H groups in total. The van der Waals surface area contributed by atoms with Crippen molar-refractivity contribution in [2.24, 2.45) is 35.5 Å². The average Bonchev–Trinajstić information content (AvgIpc) is 2.87. The van der Waals surface area contributed by atoms with Gasteiger partial charge in [0.2, 0.25) is 0 Å². The maximum atomic E-state index is 6.59. The zero-order valence-electron chi connectivity index (χ0n) is 26.1. The Kier molecular flexibility index (Phi) is 11.5. The molecule has 38 heavy (non-hydrogen) atoms. The fourth-order valence-electron chi connectivity index (χ4n) is 8.11. The minimum atomic E-state index is -1.46. The molecule has 0 aliphatic heterocycles. The first-order chi connectivity index (χ1) is 18.1. The van der Waals surface area contributed by atoms with Crippen molar-refractivity contribution in [2.75, 3.05) is 0 Å². The normalized spacial score (nSPS) is 38.2. The van der Waals surface area contributed by atoms with E-state index in [1.807, 2.05) is 0 Å². The molecule has 0 saturated heterocycles. The van der Waals surface area contributed by atoms with Gasteiger partial charge in [-0.05, 0) is 140 Å². The van der Waals surface area contributed by atoms with E-state index in [1.54, 1.807) is 0 Å². The van der Waals surface area contributed by atoms with Crippen molar-refractivity contribution >= 4 is 16.6 Å². The van der Waals surface area contributed by atoms with Crippen LogP contribution < -0.4 is 0 Å². The van der Waals surface area contributed by atoms with Gasteiger partial charge in [0.1, 0.15) is 0 Å². The molecule has 0 aromatic carbocycles. The van der Waals surface area contributed by atoms with Crippen molar-refractivity contribution in [1.29, 1.82) is 0 Å². The van der Waals surface area contributed by atoms with Crippen molar-refractivity contribution in [3.63, 3.8) is 0 Å². The number of rotatable bonds is 9. The van der Waals surface area contributed by atoms with Gasteiger partial charge < -0.3 is 8.85 Å². The van der Waals surface area contributed by atoms with Gasteiger partial charge in [-0.1, -0.05) is 50.0 Å². The van der Waals surface area contributed by atoms with Gasteiger partial charge in [-0.15, -0.1) is 0 Å². The van der Waals surface area contributed by atoms with Gasteiger partial charge in [0.25, 0.3) is 0 Å². The van der Waals surface area contributed by atoms with Crippen molar-refractivity contribution in [3.05, 3.63) is 24.3 Å². The Morgan fingerprint density at radius 2 is 0.763 bits per heavy atom. The quantitative estimate of drug-likeness (QED) is 0.207. The Morgan fingerprint density at radius 1 is 0.421 bits per heavy atom. The van der Waals surface area contributed by atoms with Crippen molar-refractivity contribution in [2.45, 2.75) is 154 Å². The lowest BCUT2D eigenvalue weighted by molar-refractivity contribution is 0.109. The Labute approximate surface area is 239 Å².